The summed E-state index contributed by atoms with van der Waals surface area (Å²) in [5.41, 5.74) is 4.24. The van der Waals surface area contributed by atoms with Crippen LogP contribution in [0.4, 0.5) is 16.2 Å². The standard InChI is InChI=1S/C27H23ClN2O5/c1-3-34-27(33)30(23-10-5-4-9-22(23)28)25-17(2)35-29-24(25)20-13-11-18(12-14-20)15-19-7-6-8-21(16-19)26(31)32/h4-14,16H,3,15H2,1-2H3,(H,31,32). The minimum atomic E-state index is -0.958. The van der Waals surface area contributed by atoms with Crippen LogP contribution >= 0.6 is 11.6 Å². The molecule has 0 fully saturated rings. The highest BCUT2D eigenvalue weighted by molar-refractivity contribution is 6.34. The Balaban J connectivity index is 1.69. The van der Waals surface area contributed by atoms with Crippen LogP contribution in [0.5, 0.6) is 0 Å². The van der Waals surface area contributed by atoms with E-state index >= 15 is 0 Å². The molecule has 1 amide bonds. The fourth-order valence-corrected chi connectivity index (χ4v) is 4.00. The zero-order valence-corrected chi connectivity index (χ0v) is 20.0. The Kier molecular flexibility index (Phi) is 7.17. The molecule has 4 aromatic rings. The molecule has 178 valence electrons. The molecule has 1 heterocycles. The van der Waals surface area contributed by atoms with Gasteiger partial charge < -0.3 is 14.4 Å². The maximum absolute atomic E-state index is 13.0. The number of carboxylic acids is 1. The van der Waals surface area contributed by atoms with Gasteiger partial charge in [-0.15, -0.1) is 0 Å². The minimum Gasteiger partial charge on any atom is -0.478 e. The van der Waals surface area contributed by atoms with E-state index in [9.17, 15) is 14.7 Å². The molecule has 0 saturated carbocycles. The maximum atomic E-state index is 13.0. The zero-order chi connectivity index (χ0) is 24.9. The van der Waals surface area contributed by atoms with Gasteiger partial charge in [-0.1, -0.05) is 65.3 Å². The fraction of sp³-hybridized carbons (Fsp3) is 0.148. The number of amides is 1. The molecule has 8 heteroatoms. The quantitative estimate of drug-likeness (QED) is 0.303. The highest BCUT2D eigenvalue weighted by Gasteiger charge is 2.29. The number of aromatic carboxylic acids is 1. The number of carbonyl (C=O) groups excluding carboxylic acids is 1. The van der Waals surface area contributed by atoms with Crippen molar-refractivity contribution in [3.05, 3.63) is 100 Å². The van der Waals surface area contributed by atoms with E-state index in [-0.39, 0.29) is 12.2 Å². The van der Waals surface area contributed by atoms with Crippen molar-refractivity contribution in [2.75, 3.05) is 11.5 Å². The van der Waals surface area contributed by atoms with Gasteiger partial charge in [-0.05, 0) is 55.7 Å². The number of carboxylic acid groups (broad SMARTS) is 1. The average molecular weight is 491 g/mol. The number of aromatic nitrogens is 1. The van der Waals surface area contributed by atoms with E-state index in [1.165, 1.54) is 4.90 Å². The SMILES string of the molecule is CCOC(=O)N(c1ccccc1Cl)c1c(-c2ccc(Cc3cccc(C(=O)O)c3)cc2)noc1C. The van der Waals surface area contributed by atoms with E-state index in [0.717, 1.165) is 16.7 Å². The summed E-state index contributed by atoms with van der Waals surface area (Å²) in [6, 6.07) is 21.5. The topological polar surface area (TPSA) is 92.9 Å². The Bertz CT molecular complexity index is 1360. The van der Waals surface area contributed by atoms with Gasteiger partial charge in [-0.2, -0.15) is 0 Å². The summed E-state index contributed by atoms with van der Waals surface area (Å²) >= 11 is 6.42. The number of para-hydroxylation sites is 1. The first-order valence-electron chi connectivity index (χ1n) is 11.0. The lowest BCUT2D eigenvalue weighted by molar-refractivity contribution is 0.0696. The third kappa shape index (κ3) is 5.20. The van der Waals surface area contributed by atoms with Crippen molar-refractivity contribution in [3.63, 3.8) is 0 Å². The maximum Gasteiger partial charge on any atom is 0.419 e. The number of nitrogens with zero attached hydrogens (tertiary/aromatic N) is 2. The summed E-state index contributed by atoms with van der Waals surface area (Å²) in [6.07, 6.45) is -0.0243. The molecule has 35 heavy (non-hydrogen) atoms. The lowest BCUT2D eigenvalue weighted by atomic mass is 10.0. The molecule has 0 spiro atoms. The van der Waals surface area contributed by atoms with Crippen LogP contribution in [0.25, 0.3) is 11.3 Å². The van der Waals surface area contributed by atoms with E-state index in [4.69, 9.17) is 20.9 Å². The molecule has 0 unspecified atom stereocenters. The van der Waals surface area contributed by atoms with E-state index in [1.54, 1.807) is 56.3 Å². The molecular weight excluding hydrogens is 468 g/mol. The summed E-state index contributed by atoms with van der Waals surface area (Å²) in [7, 11) is 0. The van der Waals surface area contributed by atoms with Crippen molar-refractivity contribution in [1.29, 1.82) is 0 Å². The Morgan fingerprint density at radius 2 is 1.77 bits per heavy atom. The number of rotatable bonds is 7. The summed E-state index contributed by atoms with van der Waals surface area (Å²) in [5, 5.41) is 13.8. The number of halogens is 1. The molecule has 0 aliphatic rings. The number of aryl methyl sites for hydroxylation is 1. The first-order chi connectivity index (χ1) is 16.9. The number of benzene rings is 3. The molecule has 7 nitrogen and oxygen atoms in total. The monoisotopic (exact) mass is 490 g/mol. The van der Waals surface area contributed by atoms with Gasteiger partial charge in [0.1, 0.15) is 11.4 Å². The molecule has 0 atom stereocenters. The third-order valence-corrected chi connectivity index (χ3v) is 5.73. The molecule has 0 aliphatic heterocycles. The lowest BCUT2D eigenvalue weighted by Gasteiger charge is -2.23. The highest BCUT2D eigenvalue weighted by Crippen LogP contribution is 2.40. The van der Waals surface area contributed by atoms with E-state index in [1.807, 2.05) is 30.3 Å². The average Bonchev–Trinajstić information content (AvgIpc) is 3.22. The Labute approximate surface area is 207 Å². The van der Waals surface area contributed by atoms with Crippen LogP contribution in [0, 0.1) is 6.92 Å². The van der Waals surface area contributed by atoms with Gasteiger partial charge >= 0.3 is 12.1 Å². The van der Waals surface area contributed by atoms with Crippen LogP contribution in [0.15, 0.2) is 77.3 Å². The third-order valence-electron chi connectivity index (χ3n) is 5.41. The first-order valence-corrected chi connectivity index (χ1v) is 11.4. The summed E-state index contributed by atoms with van der Waals surface area (Å²) in [4.78, 5) is 25.6. The van der Waals surface area contributed by atoms with Crippen molar-refractivity contribution < 1.29 is 24.0 Å². The van der Waals surface area contributed by atoms with Gasteiger partial charge in [0, 0.05) is 5.56 Å². The fourth-order valence-electron chi connectivity index (χ4n) is 3.78. The van der Waals surface area contributed by atoms with Crippen LogP contribution in [0.2, 0.25) is 5.02 Å². The molecule has 0 aliphatic carbocycles. The van der Waals surface area contributed by atoms with Crippen LogP contribution in [-0.4, -0.2) is 28.9 Å². The van der Waals surface area contributed by atoms with Gasteiger partial charge in [-0.3, -0.25) is 0 Å². The van der Waals surface area contributed by atoms with Crippen molar-refractivity contribution in [2.24, 2.45) is 0 Å². The Morgan fingerprint density at radius 1 is 1.03 bits per heavy atom. The van der Waals surface area contributed by atoms with Gasteiger partial charge in [0.05, 0.1) is 22.9 Å². The smallest absolute Gasteiger partial charge is 0.419 e. The highest BCUT2D eigenvalue weighted by atomic mass is 35.5. The second-order valence-corrected chi connectivity index (χ2v) is 8.21. The molecule has 0 radical (unpaired) electrons. The number of anilines is 2. The molecule has 1 aromatic heterocycles. The van der Waals surface area contributed by atoms with Crippen molar-refractivity contribution in [2.45, 2.75) is 20.3 Å². The van der Waals surface area contributed by atoms with Crippen LogP contribution in [0.3, 0.4) is 0 Å². The number of hydrogen-bond acceptors (Lipinski definition) is 5. The molecule has 4 rings (SSSR count). The lowest BCUT2D eigenvalue weighted by Crippen LogP contribution is -2.27. The van der Waals surface area contributed by atoms with Crippen molar-refractivity contribution in [1.82, 2.24) is 5.16 Å². The van der Waals surface area contributed by atoms with Crippen molar-refractivity contribution in [3.8, 4) is 11.3 Å². The number of carbonyl (C=O) groups is 2. The summed E-state index contributed by atoms with van der Waals surface area (Å²) in [6.45, 7) is 3.64. The zero-order valence-electron chi connectivity index (χ0n) is 19.2. The number of hydrogen-bond donors (Lipinski definition) is 1. The first kappa shape index (κ1) is 24.0. The minimum absolute atomic E-state index is 0.192. The molecule has 0 bridgehead atoms. The van der Waals surface area contributed by atoms with Crippen LogP contribution < -0.4 is 4.90 Å². The van der Waals surface area contributed by atoms with Crippen LogP contribution in [-0.2, 0) is 11.2 Å². The molecule has 1 N–H and O–H groups in total. The predicted molar refractivity (Wildman–Crippen MR) is 133 cm³/mol. The number of ether oxygens (including phenoxy) is 1. The summed E-state index contributed by atoms with van der Waals surface area (Å²) < 4.78 is 10.8. The Hall–Kier alpha value is -4.10. The van der Waals surface area contributed by atoms with E-state index < -0.39 is 12.1 Å². The molecular formula is C27H23ClN2O5. The van der Waals surface area contributed by atoms with E-state index in [0.29, 0.717) is 34.3 Å². The van der Waals surface area contributed by atoms with Crippen molar-refractivity contribution >= 4 is 35.0 Å². The predicted octanol–water partition coefficient (Wildman–Crippen LogP) is 6.89. The van der Waals surface area contributed by atoms with Gasteiger partial charge in [0.2, 0.25) is 0 Å². The second-order valence-electron chi connectivity index (χ2n) is 7.80. The molecule has 0 saturated heterocycles. The van der Waals surface area contributed by atoms with Gasteiger partial charge in [0.15, 0.2) is 5.76 Å². The van der Waals surface area contributed by atoms with Gasteiger partial charge in [-0.25, -0.2) is 14.5 Å². The largest absolute Gasteiger partial charge is 0.478 e. The molecule has 3 aromatic carbocycles. The van der Waals surface area contributed by atoms with Gasteiger partial charge in [0.25, 0.3) is 0 Å². The van der Waals surface area contributed by atoms with Crippen LogP contribution in [0.1, 0.15) is 34.2 Å². The summed E-state index contributed by atoms with van der Waals surface area (Å²) in [5.74, 6) is -0.525. The second kappa shape index (κ2) is 10.4. The van der Waals surface area contributed by atoms with E-state index in [2.05, 4.69) is 5.16 Å². The Morgan fingerprint density at radius 3 is 2.46 bits per heavy atom. The normalized spacial score (nSPS) is 10.7.